The van der Waals surface area contributed by atoms with E-state index in [0.717, 1.165) is 11.6 Å². The summed E-state index contributed by atoms with van der Waals surface area (Å²) in [6.45, 7) is 2.82. The summed E-state index contributed by atoms with van der Waals surface area (Å²) in [6.07, 6.45) is -2.05. The van der Waals surface area contributed by atoms with Crippen molar-refractivity contribution in [2.45, 2.75) is 25.9 Å². The Morgan fingerprint density at radius 2 is 2.00 bits per heavy atom. The quantitative estimate of drug-likeness (QED) is 0.830. The molecule has 2 aromatic rings. The molecule has 0 atom stereocenters. The summed E-state index contributed by atoms with van der Waals surface area (Å²) in [6, 6.07) is 2.63. The van der Waals surface area contributed by atoms with E-state index in [4.69, 9.17) is 0 Å². The first-order chi connectivity index (χ1) is 11.8. The van der Waals surface area contributed by atoms with Gasteiger partial charge in [-0.15, -0.1) is 0 Å². The van der Waals surface area contributed by atoms with E-state index in [1.807, 2.05) is 0 Å². The van der Waals surface area contributed by atoms with Gasteiger partial charge < -0.3 is 10.3 Å². The highest BCUT2D eigenvalue weighted by Gasteiger charge is 2.35. The monoisotopic (exact) mass is 348 g/mol. The van der Waals surface area contributed by atoms with Crippen LogP contribution in [-0.4, -0.2) is 23.1 Å². The van der Waals surface area contributed by atoms with Crippen molar-refractivity contribution in [3.8, 4) is 6.07 Å². The van der Waals surface area contributed by atoms with Gasteiger partial charge in [-0.25, -0.2) is 4.98 Å². The summed E-state index contributed by atoms with van der Waals surface area (Å²) in [4.78, 5) is 18.6. The Hall–Kier alpha value is -2.66. The highest BCUT2D eigenvalue weighted by molar-refractivity contribution is 5.89. The first-order valence-corrected chi connectivity index (χ1v) is 7.76. The SMILES string of the molecule is Cc1nc2cc(C(F)(F)F)c(C=C3CCNCC3)c(C#N)c2c(=O)[nH]1. The van der Waals surface area contributed by atoms with Gasteiger partial charge >= 0.3 is 6.18 Å². The van der Waals surface area contributed by atoms with Crippen LogP contribution >= 0.6 is 0 Å². The number of rotatable bonds is 1. The van der Waals surface area contributed by atoms with E-state index >= 15 is 0 Å². The molecule has 2 heterocycles. The molecule has 5 nitrogen and oxygen atoms in total. The average molecular weight is 348 g/mol. The predicted octanol–water partition coefficient (Wildman–Crippen LogP) is 2.89. The number of halogens is 3. The number of hydrogen-bond donors (Lipinski definition) is 2. The Balaban J connectivity index is 2.40. The van der Waals surface area contributed by atoms with Gasteiger partial charge in [0.1, 0.15) is 11.9 Å². The summed E-state index contributed by atoms with van der Waals surface area (Å²) in [5.41, 5.74) is -1.41. The summed E-state index contributed by atoms with van der Waals surface area (Å²) in [7, 11) is 0. The van der Waals surface area contributed by atoms with Gasteiger partial charge in [0, 0.05) is 5.56 Å². The molecule has 1 saturated heterocycles. The van der Waals surface area contributed by atoms with Crippen LogP contribution in [-0.2, 0) is 6.18 Å². The number of nitrogens with one attached hydrogen (secondary N) is 2. The number of fused-ring (bicyclic) bond motifs is 1. The lowest BCUT2D eigenvalue weighted by Gasteiger charge is -2.18. The number of alkyl halides is 3. The second-order valence-electron chi connectivity index (χ2n) is 5.92. The number of H-pyrrole nitrogens is 1. The van der Waals surface area contributed by atoms with Crippen LogP contribution in [0.2, 0.25) is 0 Å². The van der Waals surface area contributed by atoms with E-state index in [9.17, 15) is 23.2 Å². The maximum Gasteiger partial charge on any atom is 0.417 e. The number of aromatic amines is 1. The van der Waals surface area contributed by atoms with Gasteiger partial charge in [-0.1, -0.05) is 11.6 Å². The van der Waals surface area contributed by atoms with Crippen LogP contribution < -0.4 is 10.9 Å². The molecule has 0 unspecified atom stereocenters. The molecule has 1 aliphatic heterocycles. The Morgan fingerprint density at radius 1 is 1.32 bits per heavy atom. The fourth-order valence-electron chi connectivity index (χ4n) is 3.03. The van der Waals surface area contributed by atoms with Crippen LogP contribution in [0.1, 0.15) is 35.4 Å². The molecule has 2 N–H and O–H groups in total. The molecule has 3 rings (SSSR count). The zero-order chi connectivity index (χ0) is 18.2. The van der Waals surface area contributed by atoms with Crippen molar-refractivity contribution in [1.29, 1.82) is 5.26 Å². The molecule has 1 aromatic heterocycles. The Morgan fingerprint density at radius 3 is 2.60 bits per heavy atom. The molecular weight excluding hydrogens is 333 g/mol. The van der Waals surface area contributed by atoms with E-state index in [0.29, 0.717) is 25.9 Å². The van der Waals surface area contributed by atoms with Crippen molar-refractivity contribution in [2.75, 3.05) is 13.1 Å². The molecule has 0 radical (unpaired) electrons. The molecular formula is C17H15F3N4O. The van der Waals surface area contributed by atoms with E-state index in [1.165, 1.54) is 13.0 Å². The minimum atomic E-state index is -4.66. The second kappa shape index (κ2) is 6.33. The highest BCUT2D eigenvalue weighted by atomic mass is 19.4. The van der Waals surface area contributed by atoms with Crippen molar-refractivity contribution in [3.05, 3.63) is 44.5 Å². The highest BCUT2D eigenvalue weighted by Crippen LogP contribution is 2.37. The molecule has 0 spiro atoms. The van der Waals surface area contributed by atoms with Gasteiger partial charge in [0.25, 0.3) is 5.56 Å². The van der Waals surface area contributed by atoms with E-state index in [2.05, 4.69) is 15.3 Å². The predicted molar refractivity (Wildman–Crippen MR) is 86.9 cm³/mol. The molecule has 0 saturated carbocycles. The van der Waals surface area contributed by atoms with Crippen LogP contribution in [0, 0.1) is 18.3 Å². The number of aryl methyl sites for hydroxylation is 1. The van der Waals surface area contributed by atoms with Crippen molar-refractivity contribution >= 4 is 17.0 Å². The lowest BCUT2D eigenvalue weighted by atomic mass is 9.93. The number of nitriles is 1. The maximum atomic E-state index is 13.6. The second-order valence-corrected chi connectivity index (χ2v) is 5.92. The summed E-state index contributed by atoms with van der Waals surface area (Å²) < 4.78 is 40.7. The molecule has 0 bridgehead atoms. The van der Waals surface area contributed by atoms with Gasteiger partial charge in [-0.2, -0.15) is 18.4 Å². The summed E-state index contributed by atoms with van der Waals surface area (Å²) in [5, 5.41) is 12.5. The average Bonchev–Trinajstić information content (AvgIpc) is 2.54. The van der Waals surface area contributed by atoms with Crippen molar-refractivity contribution in [3.63, 3.8) is 0 Å². The Kier molecular flexibility index (Phi) is 4.35. The third-order valence-electron chi connectivity index (χ3n) is 4.17. The number of benzene rings is 1. The van der Waals surface area contributed by atoms with Crippen LogP contribution in [0.15, 0.2) is 16.4 Å². The Bertz CT molecular complexity index is 959. The van der Waals surface area contributed by atoms with Gasteiger partial charge in [0.15, 0.2) is 0 Å². The Labute approximate surface area is 141 Å². The lowest BCUT2D eigenvalue weighted by Crippen LogP contribution is -2.23. The zero-order valence-electron chi connectivity index (χ0n) is 13.4. The van der Waals surface area contributed by atoms with Crippen LogP contribution in [0.4, 0.5) is 13.2 Å². The van der Waals surface area contributed by atoms with E-state index < -0.39 is 17.3 Å². The number of aromatic nitrogens is 2. The normalized spacial score (nSPS) is 15.2. The lowest BCUT2D eigenvalue weighted by molar-refractivity contribution is -0.137. The molecule has 1 aliphatic rings. The van der Waals surface area contributed by atoms with Crippen molar-refractivity contribution < 1.29 is 13.2 Å². The van der Waals surface area contributed by atoms with E-state index in [1.54, 1.807) is 6.07 Å². The number of hydrogen-bond acceptors (Lipinski definition) is 4. The molecule has 25 heavy (non-hydrogen) atoms. The summed E-state index contributed by atoms with van der Waals surface area (Å²) in [5.74, 6) is 0.193. The fraction of sp³-hybridized carbons (Fsp3) is 0.353. The summed E-state index contributed by atoms with van der Waals surface area (Å²) >= 11 is 0. The molecule has 130 valence electrons. The minimum Gasteiger partial charge on any atom is -0.316 e. The van der Waals surface area contributed by atoms with Gasteiger partial charge in [0.2, 0.25) is 0 Å². The van der Waals surface area contributed by atoms with Crippen LogP contribution in [0.5, 0.6) is 0 Å². The van der Waals surface area contributed by atoms with Crippen LogP contribution in [0.3, 0.4) is 0 Å². The minimum absolute atomic E-state index is 0.109. The first-order valence-electron chi connectivity index (χ1n) is 7.76. The largest absolute Gasteiger partial charge is 0.417 e. The van der Waals surface area contributed by atoms with E-state index in [-0.39, 0.29) is 27.9 Å². The maximum absolute atomic E-state index is 13.6. The standard InChI is InChI=1S/C17H15F3N4O/c1-9-23-14-7-13(17(18,19)20)11(6-10-2-4-22-5-3-10)12(8-21)15(14)16(25)24-9/h6-7,22H,2-5H2,1H3,(H,23,24,25). The van der Waals surface area contributed by atoms with Gasteiger partial charge in [-0.3, -0.25) is 4.79 Å². The molecule has 0 aliphatic carbocycles. The van der Waals surface area contributed by atoms with Gasteiger partial charge in [-0.05, 0) is 38.9 Å². The van der Waals surface area contributed by atoms with Gasteiger partial charge in [0.05, 0.1) is 22.0 Å². The van der Waals surface area contributed by atoms with Crippen molar-refractivity contribution in [2.24, 2.45) is 0 Å². The fourth-order valence-corrected chi connectivity index (χ4v) is 3.03. The molecule has 1 fully saturated rings. The zero-order valence-corrected chi connectivity index (χ0v) is 13.4. The first kappa shape index (κ1) is 17.2. The van der Waals surface area contributed by atoms with Crippen LogP contribution in [0.25, 0.3) is 17.0 Å². The third-order valence-corrected chi connectivity index (χ3v) is 4.17. The third kappa shape index (κ3) is 3.28. The smallest absolute Gasteiger partial charge is 0.316 e. The number of nitrogens with zero attached hydrogens (tertiary/aromatic N) is 2. The number of piperidine rings is 1. The molecule has 8 heteroatoms. The topological polar surface area (TPSA) is 81.6 Å². The molecule has 0 amide bonds. The van der Waals surface area contributed by atoms with Crippen molar-refractivity contribution in [1.82, 2.24) is 15.3 Å². The molecule has 1 aromatic carbocycles.